The average molecular weight is 339 g/mol. The molecule has 102 valence electrons. The molecule has 0 amide bonds. The Labute approximate surface area is 121 Å². The van der Waals surface area contributed by atoms with Crippen LogP contribution in [0.5, 0.6) is 11.8 Å². The van der Waals surface area contributed by atoms with Crippen LogP contribution in [-0.2, 0) is 4.79 Å². The molecule has 0 aliphatic heterocycles. The topological polar surface area (TPSA) is 72.3 Å². The molecule has 0 radical (unpaired) electrons. The van der Waals surface area contributed by atoms with E-state index in [-0.39, 0.29) is 11.8 Å². The number of carbonyl (C=O) groups is 1. The summed E-state index contributed by atoms with van der Waals surface area (Å²) in [6, 6.07) is 4.22. The fraction of sp³-hybridized carbons (Fsp3) is 0. The van der Waals surface area contributed by atoms with Gasteiger partial charge >= 0.3 is 12.0 Å². The van der Waals surface area contributed by atoms with Crippen LogP contribution in [0.2, 0.25) is 0 Å². The zero-order valence-electron chi connectivity index (χ0n) is 9.96. The maximum absolute atomic E-state index is 13.5. The van der Waals surface area contributed by atoms with Crippen molar-refractivity contribution in [2.45, 2.75) is 0 Å². The van der Waals surface area contributed by atoms with Crippen molar-refractivity contribution in [3.8, 4) is 11.8 Å². The lowest BCUT2D eigenvalue weighted by molar-refractivity contribution is -0.131. The molecule has 0 aliphatic carbocycles. The lowest BCUT2D eigenvalue weighted by atomic mass is 10.3. The monoisotopic (exact) mass is 338 g/mol. The van der Waals surface area contributed by atoms with E-state index in [0.29, 0.717) is 10.0 Å². The van der Waals surface area contributed by atoms with Gasteiger partial charge in [0.15, 0.2) is 11.6 Å². The third-order valence-corrected chi connectivity index (χ3v) is 2.65. The highest BCUT2D eigenvalue weighted by atomic mass is 79.9. The fourth-order valence-electron chi connectivity index (χ4n) is 1.29. The van der Waals surface area contributed by atoms with Crippen molar-refractivity contribution in [3.05, 3.63) is 52.5 Å². The van der Waals surface area contributed by atoms with Crippen LogP contribution in [0.3, 0.4) is 0 Å². The van der Waals surface area contributed by atoms with E-state index in [1.807, 2.05) is 0 Å². The second-order valence-corrected chi connectivity index (χ2v) is 4.56. The second kappa shape index (κ2) is 6.25. The van der Waals surface area contributed by atoms with Gasteiger partial charge in [0.05, 0.1) is 0 Å². The lowest BCUT2D eigenvalue weighted by Gasteiger charge is -2.05. The molecule has 7 heteroatoms. The van der Waals surface area contributed by atoms with E-state index in [0.717, 1.165) is 6.08 Å². The number of carboxylic acid groups (broad SMARTS) is 1. The Bertz CT molecular complexity index is 659. The molecule has 0 fully saturated rings. The van der Waals surface area contributed by atoms with E-state index in [1.54, 1.807) is 6.07 Å². The van der Waals surface area contributed by atoms with Gasteiger partial charge in [-0.05, 0) is 24.3 Å². The number of halogens is 2. The highest BCUT2D eigenvalue weighted by Crippen LogP contribution is 2.25. The van der Waals surface area contributed by atoms with Crippen molar-refractivity contribution >= 4 is 28.0 Å². The van der Waals surface area contributed by atoms with Gasteiger partial charge in [-0.15, -0.1) is 0 Å². The molecule has 0 saturated heterocycles. The van der Waals surface area contributed by atoms with Crippen LogP contribution in [-0.4, -0.2) is 21.0 Å². The largest absolute Gasteiger partial charge is 0.478 e. The highest BCUT2D eigenvalue weighted by molar-refractivity contribution is 9.10. The Hall–Kier alpha value is -2.28. The van der Waals surface area contributed by atoms with Crippen LogP contribution < -0.4 is 4.74 Å². The van der Waals surface area contributed by atoms with Crippen molar-refractivity contribution in [1.82, 2.24) is 9.97 Å². The molecular weight excluding hydrogens is 331 g/mol. The van der Waals surface area contributed by atoms with Gasteiger partial charge in [-0.2, -0.15) is 0 Å². The Kier molecular flexibility index (Phi) is 4.41. The zero-order chi connectivity index (χ0) is 14.5. The minimum Gasteiger partial charge on any atom is -0.478 e. The van der Waals surface area contributed by atoms with E-state index in [1.165, 1.54) is 30.6 Å². The number of rotatable bonds is 4. The van der Waals surface area contributed by atoms with E-state index >= 15 is 0 Å². The Morgan fingerprint density at radius 3 is 2.70 bits per heavy atom. The van der Waals surface area contributed by atoms with Gasteiger partial charge in [-0.25, -0.2) is 19.2 Å². The molecule has 1 aromatic carbocycles. The maximum Gasteiger partial charge on any atom is 0.328 e. The summed E-state index contributed by atoms with van der Waals surface area (Å²) in [5.41, 5.74) is 0.495. The number of ether oxygens (including phenoxy) is 1. The number of aliphatic carboxylic acids is 1. The number of aromatic nitrogens is 2. The summed E-state index contributed by atoms with van der Waals surface area (Å²) in [4.78, 5) is 18.1. The standard InChI is InChI=1S/C13H8BrFN2O3/c14-9-2-3-10(15)11(5-9)20-13-16-6-8(7-17-13)1-4-12(18)19/h1-7H,(H,18,19)/b4-1+. The van der Waals surface area contributed by atoms with Crippen LogP contribution in [0.25, 0.3) is 6.08 Å². The van der Waals surface area contributed by atoms with E-state index < -0.39 is 11.8 Å². The Balaban J connectivity index is 2.14. The molecule has 2 aromatic rings. The normalized spacial score (nSPS) is 10.7. The SMILES string of the molecule is O=C(O)/C=C/c1cnc(Oc2cc(Br)ccc2F)nc1. The van der Waals surface area contributed by atoms with Crippen molar-refractivity contribution in [2.24, 2.45) is 0 Å². The molecule has 1 aromatic heterocycles. The molecule has 0 bridgehead atoms. The third-order valence-electron chi connectivity index (χ3n) is 2.16. The second-order valence-electron chi connectivity index (χ2n) is 3.65. The first-order valence-electron chi connectivity index (χ1n) is 5.40. The van der Waals surface area contributed by atoms with Crippen LogP contribution in [0, 0.1) is 5.82 Å². The van der Waals surface area contributed by atoms with Gasteiger partial charge in [0.25, 0.3) is 0 Å². The van der Waals surface area contributed by atoms with Gasteiger partial charge in [-0.3, -0.25) is 0 Å². The molecule has 0 atom stereocenters. The molecule has 0 saturated carbocycles. The van der Waals surface area contributed by atoms with E-state index in [2.05, 4.69) is 25.9 Å². The van der Waals surface area contributed by atoms with Crippen molar-refractivity contribution < 1.29 is 19.0 Å². The third kappa shape index (κ3) is 3.86. The van der Waals surface area contributed by atoms with Crippen LogP contribution >= 0.6 is 15.9 Å². The quantitative estimate of drug-likeness (QED) is 0.866. The summed E-state index contributed by atoms with van der Waals surface area (Å²) in [5, 5.41) is 8.48. The lowest BCUT2D eigenvalue weighted by Crippen LogP contribution is -1.94. The summed E-state index contributed by atoms with van der Waals surface area (Å²) in [7, 11) is 0. The van der Waals surface area contributed by atoms with Crippen LogP contribution in [0.4, 0.5) is 4.39 Å². The number of benzene rings is 1. The van der Waals surface area contributed by atoms with Crippen molar-refractivity contribution in [3.63, 3.8) is 0 Å². The minimum atomic E-state index is -1.07. The van der Waals surface area contributed by atoms with Gasteiger partial charge in [0, 0.05) is 28.5 Å². The van der Waals surface area contributed by atoms with Gasteiger partial charge < -0.3 is 9.84 Å². The molecule has 1 heterocycles. The number of hydrogen-bond acceptors (Lipinski definition) is 4. The molecule has 20 heavy (non-hydrogen) atoms. The molecule has 5 nitrogen and oxygen atoms in total. The first kappa shape index (κ1) is 14.1. The van der Waals surface area contributed by atoms with Crippen LogP contribution in [0.1, 0.15) is 5.56 Å². The fourth-order valence-corrected chi connectivity index (χ4v) is 1.63. The summed E-state index contributed by atoms with van der Waals surface area (Å²) in [6.45, 7) is 0. The molecule has 0 aliphatic rings. The highest BCUT2D eigenvalue weighted by Gasteiger charge is 2.07. The zero-order valence-corrected chi connectivity index (χ0v) is 11.5. The summed E-state index contributed by atoms with van der Waals surface area (Å²) in [6.07, 6.45) is 5.05. The molecule has 1 N–H and O–H groups in total. The van der Waals surface area contributed by atoms with Gasteiger partial charge in [-0.1, -0.05) is 15.9 Å². The maximum atomic E-state index is 13.5. The predicted molar refractivity (Wildman–Crippen MR) is 72.9 cm³/mol. The number of hydrogen-bond donors (Lipinski definition) is 1. The smallest absolute Gasteiger partial charge is 0.328 e. The van der Waals surface area contributed by atoms with E-state index in [9.17, 15) is 9.18 Å². The number of nitrogens with zero attached hydrogens (tertiary/aromatic N) is 2. The molecule has 2 rings (SSSR count). The van der Waals surface area contributed by atoms with Gasteiger partial charge in [0.2, 0.25) is 0 Å². The average Bonchev–Trinajstić information content (AvgIpc) is 2.42. The van der Waals surface area contributed by atoms with E-state index in [4.69, 9.17) is 9.84 Å². The summed E-state index contributed by atoms with van der Waals surface area (Å²) < 4.78 is 19.3. The summed E-state index contributed by atoms with van der Waals surface area (Å²) >= 11 is 3.20. The van der Waals surface area contributed by atoms with Crippen LogP contribution in [0.15, 0.2) is 41.1 Å². The molecule has 0 unspecified atom stereocenters. The minimum absolute atomic E-state index is 0.00629. The summed E-state index contributed by atoms with van der Waals surface area (Å²) in [5.74, 6) is -1.61. The van der Waals surface area contributed by atoms with Gasteiger partial charge in [0.1, 0.15) is 0 Å². The predicted octanol–water partition coefficient (Wildman–Crippen LogP) is 3.27. The Morgan fingerprint density at radius 1 is 1.35 bits per heavy atom. The Morgan fingerprint density at radius 2 is 2.05 bits per heavy atom. The first-order chi connectivity index (χ1) is 9.54. The number of carboxylic acids is 1. The van der Waals surface area contributed by atoms with Crippen molar-refractivity contribution in [1.29, 1.82) is 0 Å². The van der Waals surface area contributed by atoms with Crippen molar-refractivity contribution in [2.75, 3.05) is 0 Å². The molecule has 0 spiro atoms. The molecular formula is C13H8BrFN2O3. The first-order valence-corrected chi connectivity index (χ1v) is 6.20.